The van der Waals surface area contributed by atoms with Crippen molar-refractivity contribution in [1.29, 1.82) is 0 Å². The number of carbonyl (C=O) groups is 1. The first-order valence-electron chi connectivity index (χ1n) is 4.82. The molecule has 2 aromatic carbocycles. The van der Waals surface area contributed by atoms with Crippen LogP contribution in [0.5, 0.6) is 0 Å². The molecule has 0 bridgehead atoms. The number of carbonyl (C=O) groups excluding carboxylic acids is 1. The minimum absolute atomic E-state index is 0.260. The highest BCUT2D eigenvalue weighted by Gasteiger charge is 2.21. The van der Waals surface area contributed by atoms with Crippen molar-refractivity contribution in [3.63, 3.8) is 0 Å². The standard InChI is InChI=1S/C13H10O/c1-8-5-6-9-7-12(14)11-4-2-3-10(8)13(9)11/h2-6H,7H2,1H3. The summed E-state index contributed by atoms with van der Waals surface area (Å²) in [5.74, 6) is 0.260. The van der Waals surface area contributed by atoms with Gasteiger partial charge in [0.2, 0.25) is 0 Å². The molecule has 0 unspecified atom stereocenters. The average Bonchev–Trinajstić information content (AvgIpc) is 2.52. The summed E-state index contributed by atoms with van der Waals surface area (Å²) in [6.45, 7) is 2.09. The molecule has 1 heteroatoms. The van der Waals surface area contributed by atoms with E-state index >= 15 is 0 Å². The predicted octanol–water partition coefficient (Wildman–Crippen LogP) is 2.89. The summed E-state index contributed by atoms with van der Waals surface area (Å²) in [6, 6.07) is 10.2. The Hall–Kier alpha value is -1.63. The van der Waals surface area contributed by atoms with Crippen LogP contribution in [0.25, 0.3) is 10.8 Å². The zero-order valence-corrected chi connectivity index (χ0v) is 8.00. The van der Waals surface area contributed by atoms with E-state index in [1.54, 1.807) is 0 Å². The lowest BCUT2D eigenvalue weighted by atomic mass is 10.0. The summed E-state index contributed by atoms with van der Waals surface area (Å²) in [6.07, 6.45) is 0.579. The molecule has 1 aliphatic rings. The SMILES string of the molecule is Cc1ccc2c3c(cccc13)C(=O)C2. The molecular formula is C13H10O. The van der Waals surface area contributed by atoms with Crippen LogP contribution >= 0.6 is 0 Å². The molecule has 1 aliphatic carbocycles. The van der Waals surface area contributed by atoms with Crippen LogP contribution in [0.4, 0.5) is 0 Å². The molecule has 0 aromatic heterocycles. The topological polar surface area (TPSA) is 17.1 Å². The highest BCUT2D eigenvalue weighted by atomic mass is 16.1. The van der Waals surface area contributed by atoms with Gasteiger partial charge in [-0.05, 0) is 28.8 Å². The molecule has 0 aliphatic heterocycles. The Morgan fingerprint density at radius 2 is 2.00 bits per heavy atom. The van der Waals surface area contributed by atoms with Crippen molar-refractivity contribution in [3.8, 4) is 0 Å². The summed E-state index contributed by atoms with van der Waals surface area (Å²) in [7, 11) is 0. The molecule has 0 saturated carbocycles. The van der Waals surface area contributed by atoms with Gasteiger partial charge < -0.3 is 0 Å². The lowest BCUT2D eigenvalue weighted by Gasteiger charge is -2.03. The zero-order valence-electron chi connectivity index (χ0n) is 8.00. The van der Waals surface area contributed by atoms with E-state index < -0.39 is 0 Å². The van der Waals surface area contributed by atoms with Crippen LogP contribution in [0.3, 0.4) is 0 Å². The molecule has 68 valence electrons. The summed E-state index contributed by atoms with van der Waals surface area (Å²) in [4.78, 5) is 11.7. The maximum atomic E-state index is 11.7. The molecule has 0 heterocycles. The molecule has 0 N–H and O–H groups in total. The molecule has 2 aromatic rings. The first-order valence-corrected chi connectivity index (χ1v) is 4.82. The van der Waals surface area contributed by atoms with Crippen molar-refractivity contribution < 1.29 is 4.79 Å². The molecule has 3 rings (SSSR count). The quantitative estimate of drug-likeness (QED) is 0.612. The Balaban J connectivity index is 2.58. The van der Waals surface area contributed by atoms with Crippen molar-refractivity contribution in [2.24, 2.45) is 0 Å². The summed E-state index contributed by atoms with van der Waals surface area (Å²) < 4.78 is 0. The highest BCUT2D eigenvalue weighted by Crippen LogP contribution is 2.32. The van der Waals surface area contributed by atoms with Gasteiger partial charge in [-0.15, -0.1) is 0 Å². The van der Waals surface area contributed by atoms with Crippen LogP contribution in [-0.4, -0.2) is 5.78 Å². The number of ketones is 1. The summed E-state index contributed by atoms with van der Waals surface area (Å²) in [5, 5.41) is 2.41. The molecule has 0 atom stereocenters. The van der Waals surface area contributed by atoms with E-state index in [-0.39, 0.29) is 5.78 Å². The van der Waals surface area contributed by atoms with Crippen LogP contribution in [0.2, 0.25) is 0 Å². The largest absolute Gasteiger partial charge is 0.294 e. The number of hydrogen-bond donors (Lipinski definition) is 0. The zero-order chi connectivity index (χ0) is 9.71. The second-order valence-corrected chi connectivity index (χ2v) is 3.87. The van der Waals surface area contributed by atoms with E-state index in [4.69, 9.17) is 0 Å². The second kappa shape index (κ2) is 2.44. The van der Waals surface area contributed by atoms with Crippen LogP contribution in [0.1, 0.15) is 21.5 Å². The second-order valence-electron chi connectivity index (χ2n) is 3.87. The fraction of sp³-hybridized carbons (Fsp3) is 0.154. The first-order chi connectivity index (χ1) is 6.77. The van der Waals surface area contributed by atoms with E-state index in [0.717, 1.165) is 5.56 Å². The number of benzene rings is 2. The van der Waals surface area contributed by atoms with Gasteiger partial charge in [0.25, 0.3) is 0 Å². The third-order valence-corrected chi connectivity index (χ3v) is 3.00. The highest BCUT2D eigenvalue weighted by molar-refractivity contribution is 6.16. The van der Waals surface area contributed by atoms with Crippen molar-refractivity contribution in [3.05, 3.63) is 47.0 Å². The Bertz CT molecular complexity index is 552. The van der Waals surface area contributed by atoms with Gasteiger partial charge in [-0.2, -0.15) is 0 Å². The number of aryl methyl sites for hydroxylation is 1. The molecule has 0 saturated heterocycles. The molecule has 0 spiro atoms. The molecule has 0 amide bonds. The van der Waals surface area contributed by atoms with E-state index in [1.165, 1.54) is 21.9 Å². The Labute approximate surface area is 82.4 Å². The smallest absolute Gasteiger partial charge is 0.167 e. The van der Waals surface area contributed by atoms with Gasteiger partial charge in [-0.1, -0.05) is 30.3 Å². The van der Waals surface area contributed by atoms with Gasteiger partial charge in [0.05, 0.1) is 0 Å². The van der Waals surface area contributed by atoms with Crippen LogP contribution in [-0.2, 0) is 6.42 Å². The van der Waals surface area contributed by atoms with E-state index in [0.29, 0.717) is 6.42 Å². The van der Waals surface area contributed by atoms with Crippen molar-refractivity contribution >= 4 is 16.6 Å². The fourth-order valence-electron chi connectivity index (χ4n) is 2.27. The molecule has 0 radical (unpaired) electrons. The van der Waals surface area contributed by atoms with Gasteiger partial charge in [-0.3, -0.25) is 4.79 Å². The summed E-state index contributed by atoms with van der Waals surface area (Å²) in [5.41, 5.74) is 3.34. The normalized spacial score (nSPS) is 13.9. The average molecular weight is 182 g/mol. The van der Waals surface area contributed by atoms with Gasteiger partial charge in [0.15, 0.2) is 5.78 Å². The Morgan fingerprint density at radius 3 is 2.86 bits per heavy atom. The molecule has 0 fully saturated rings. The van der Waals surface area contributed by atoms with Crippen LogP contribution in [0.15, 0.2) is 30.3 Å². The number of hydrogen-bond acceptors (Lipinski definition) is 1. The lowest BCUT2D eigenvalue weighted by Crippen LogP contribution is -1.92. The fourth-order valence-corrected chi connectivity index (χ4v) is 2.27. The lowest BCUT2D eigenvalue weighted by molar-refractivity contribution is 0.1000. The van der Waals surface area contributed by atoms with Crippen LogP contribution in [0, 0.1) is 6.92 Å². The van der Waals surface area contributed by atoms with Gasteiger partial charge in [-0.25, -0.2) is 0 Å². The van der Waals surface area contributed by atoms with Gasteiger partial charge in [0, 0.05) is 12.0 Å². The molecule has 14 heavy (non-hydrogen) atoms. The van der Waals surface area contributed by atoms with Gasteiger partial charge in [0.1, 0.15) is 0 Å². The van der Waals surface area contributed by atoms with Crippen LogP contribution < -0.4 is 0 Å². The minimum atomic E-state index is 0.260. The first kappa shape index (κ1) is 7.74. The maximum Gasteiger partial charge on any atom is 0.167 e. The molecular weight excluding hydrogens is 172 g/mol. The molecule has 1 nitrogen and oxygen atoms in total. The Kier molecular flexibility index (Phi) is 1.35. The third-order valence-electron chi connectivity index (χ3n) is 3.00. The van der Waals surface area contributed by atoms with E-state index in [2.05, 4.69) is 25.1 Å². The monoisotopic (exact) mass is 182 g/mol. The van der Waals surface area contributed by atoms with Gasteiger partial charge >= 0.3 is 0 Å². The number of rotatable bonds is 0. The minimum Gasteiger partial charge on any atom is -0.294 e. The van der Waals surface area contributed by atoms with E-state index in [1.807, 2.05) is 12.1 Å². The third kappa shape index (κ3) is 0.818. The Morgan fingerprint density at radius 1 is 1.14 bits per heavy atom. The predicted molar refractivity (Wildman–Crippen MR) is 56.7 cm³/mol. The van der Waals surface area contributed by atoms with Crippen molar-refractivity contribution in [2.45, 2.75) is 13.3 Å². The number of Topliss-reactive ketones (excluding diaryl/α,β-unsaturated/α-hetero) is 1. The van der Waals surface area contributed by atoms with E-state index in [9.17, 15) is 4.79 Å². The maximum absolute atomic E-state index is 11.7. The van der Waals surface area contributed by atoms with Crippen molar-refractivity contribution in [2.75, 3.05) is 0 Å². The van der Waals surface area contributed by atoms with Crippen molar-refractivity contribution in [1.82, 2.24) is 0 Å². The summed E-state index contributed by atoms with van der Waals surface area (Å²) >= 11 is 0.